The Kier molecular flexibility index (Phi) is 3.21. The first-order chi connectivity index (χ1) is 9.22. The van der Waals surface area contributed by atoms with Crippen LogP contribution in [0, 0.1) is 6.92 Å². The van der Waals surface area contributed by atoms with E-state index in [0.29, 0.717) is 10.9 Å². The van der Waals surface area contributed by atoms with E-state index in [9.17, 15) is 0 Å². The van der Waals surface area contributed by atoms with Crippen LogP contribution in [-0.4, -0.2) is 9.55 Å². The summed E-state index contributed by atoms with van der Waals surface area (Å²) in [5.41, 5.74) is 4.04. The van der Waals surface area contributed by atoms with Crippen LogP contribution >= 0.6 is 23.2 Å². The predicted octanol–water partition coefficient (Wildman–Crippen LogP) is 4.73. The van der Waals surface area contributed by atoms with Crippen LogP contribution in [-0.2, 0) is 5.88 Å². The summed E-state index contributed by atoms with van der Waals surface area (Å²) in [4.78, 5) is 4.55. The van der Waals surface area contributed by atoms with E-state index in [1.54, 1.807) is 0 Å². The first kappa shape index (κ1) is 12.5. The number of para-hydroxylation sites is 2. The lowest BCUT2D eigenvalue weighted by Crippen LogP contribution is -2.01. The Labute approximate surface area is 121 Å². The van der Waals surface area contributed by atoms with Gasteiger partial charge in [-0.1, -0.05) is 35.9 Å². The van der Waals surface area contributed by atoms with Gasteiger partial charge in [0.1, 0.15) is 11.3 Å². The van der Waals surface area contributed by atoms with Gasteiger partial charge in [-0.3, -0.25) is 4.57 Å². The number of aromatic nitrogens is 2. The molecule has 0 unspecified atom stereocenters. The number of fused-ring (bicyclic) bond motifs is 1. The van der Waals surface area contributed by atoms with Gasteiger partial charge in [-0.05, 0) is 30.7 Å². The second-order valence-corrected chi connectivity index (χ2v) is 5.07. The summed E-state index contributed by atoms with van der Waals surface area (Å²) in [7, 11) is 0. The maximum Gasteiger partial charge on any atom is 0.129 e. The number of hydrogen-bond donors (Lipinski definition) is 0. The first-order valence-corrected chi connectivity index (χ1v) is 6.91. The topological polar surface area (TPSA) is 17.8 Å². The number of rotatable bonds is 2. The van der Waals surface area contributed by atoms with Crippen LogP contribution in [0.2, 0.25) is 5.02 Å². The molecule has 0 aliphatic heterocycles. The maximum atomic E-state index is 6.21. The van der Waals surface area contributed by atoms with Gasteiger partial charge in [-0.2, -0.15) is 0 Å². The zero-order chi connectivity index (χ0) is 13.4. The smallest absolute Gasteiger partial charge is 0.129 e. The van der Waals surface area contributed by atoms with E-state index in [-0.39, 0.29) is 0 Å². The monoisotopic (exact) mass is 290 g/mol. The maximum absolute atomic E-state index is 6.21. The van der Waals surface area contributed by atoms with Crippen molar-refractivity contribution in [2.24, 2.45) is 0 Å². The van der Waals surface area contributed by atoms with Gasteiger partial charge in [0.2, 0.25) is 0 Å². The summed E-state index contributed by atoms with van der Waals surface area (Å²) >= 11 is 12.2. The lowest BCUT2D eigenvalue weighted by atomic mass is 10.2. The van der Waals surface area contributed by atoms with Crippen LogP contribution in [0.15, 0.2) is 42.5 Å². The van der Waals surface area contributed by atoms with Crippen LogP contribution < -0.4 is 0 Å². The van der Waals surface area contributed by atoms with Crippen LogP contribution in [0.5, 0.6) is 0 Å². The third-order valence-electron chi connectivity index (χ3n) is 3.18. The Morgan fingerprint density at radius 1 is 1.11 bits per heavy atom. The molecule has 3 rings (SSSR count). The lowest BCUT2D eigenvalue weighted by Gasteiger charge is -2.10. The first-order valence-electron chi connectivity index (χ1n) is 6.00. The molecule has 1 heterocycles. The fourth-order valence-electron chi connectivity index (χ4n) is 2.29. The molecule has 0 aliphatic rings. The predicted molar refractivity (Wildman–Crippen MR) is 80.4 cm³/mol. The molecule has 0 atom stereocenters. The van der Waals surface area contributed by atoms with Crippen molar-refractivity contribution in [1.82, 2.24) is 9.55 Å². The number of alkyl halides is 1. The van der Waals surface area contributed by atoms with Crippen molar-refractivity contribution in [2.45, 2.75) is 12.8 Å². The minimum Gasteiger partial charge on any atom is -0.295 e. The van der Waals surface area contributed by atoms with Gasteiger partial charge in [-0.15, -0.1) is 11.6 Å². The van der Waals surface area contributed by atoms with E-state index in [4.69, 9.17) is 23.2 Å². The molecule has 0 bridgehead atoms. The molecule has 2 nitrogen and oxygen atoms in total. The SMILES string of the molecule is Cc1ccccc1-n1c(CCl)nc2c(Cl)cccc21. The minimum absolute atomic E-state index is 0.347. The molecule has 4 heteroatoms. The van der Waals surface area contributed by atoms with Gasteiger partial charge in [0, 0.05) is 0 Å². The van der Waals surface area contributed by atoms with Crippen molar-refractivity contribution < 1.29 is 0 Å². The largest absolute Gasteiger partial charge is 0.295 e. The Bertz CT molecular complexity index is 747. The van der Waals surface area contributed by atoms with Gasteiger partial charge >= 0.3 is 0 Å². The molecule has 0 amide bonds. The summed E-state index contributed by atoms with van der Waals surface area (Å²) in [6, 6.07) is 14.0. The number of imidazole rings is 1. The van der Waals surface area contributed by atoms with Crippen molar-refractivity contribution in [3.63, 3.8) is 0 Å². The fraction of sp³-hybridized carbons (Fsp3) is 0.133. The Balaban J connectivity index is 2.40. The van der Waals surface area contributed by atoms with Crippen LogP contribution in [0.3, 0.4) is 0 Å². The summed E-state index contributed by atoms with van der Waals surface area (Å²) in [5.74, 6) is 1.15. The zero-order valence-corrected chi connectivity index (χ0v) is 11.9. The van der Waals surface area contributed by atoms with E-state index >= 15 is 0 Å². The van der Waals surface area contributed by atoms with E-state index in [1.807, 2.05) is 30.3 Å². The number of aryl methyl sites for hydroxylation is 1. The van der Waals surface area contributed by atoms with E-state index in [0.717, 1.165) is 22.5 Å². The van der Waals surface area contributed by atoms with Crippen LogP contribution in [0.1, 0.15) is 11.4 Å². The summed E-state index contributed by atoms with van der Waals surface area (Å²) in [6.07, 6.45) is 0. The number of nitrogens with zero attached hydrogens (tertiary/aromatic N) is 2. The van der Waals surface area contributed by atoms with Crippen LogP contribution in [0.25, 0.3) is 16.7 Å². The van der Waals surface area contributed by atoms with Crippen molar-refractivity contribution in [2.75, 3.05) is 0 Å². The quantitative estimate of drug-likeness (QED) is 0.624. The van der Waals surface area contributed by atoms with Crippen LogP contribution in [0.4, 0.5) is 0 Å². The second kappa shape index (κ2) is 4.87. The van der Waals surface area contributed by atoms with E-state index in [1.165, 1.54) is 5.56 Å². The van der Waals surface area contributed by atoms with E-state index in [2.05, 4.69) is 28.6 Å². The standard InChI is InChI=1S/C15H12Cl2N2/c1-10-5-2-3-7-12(10)19-13-8-4-6-11(17)15(13)18-14(19)9-16/h2-8H,9H2,1H3. The summed E-state index contributed by atoms with van der Waals surface area (Å²) in [5, 5.41) is 0.649. The highest BCUT2D eigenvalue weighted by atomic mass is 35.5. The highest BCUT2D eigenvalue weighted by Gasteiger charge is 2.14. The van der Waals surface area contributed by atoms with Crippen molar-refractivity contribution in [1.29, 1.82) is 0 Å². The van der Waals surface area contributed by atoms with E-state index < -0.39 is 0 Å². The Morgan fingerprint density at radius 2 is 1.89 bits per heavy atom. The average Bonchev–Trinajstić information content (AvgIpc) is 2.79. The van der Waals surface area contributed by atoms with Gasteiger partial charge in [0.15, 0.2) is 0 Å². The second-order valence-electron chi connectivity index (χ2n) is 4.39. The molecule has 1 aromatic heterocycles. The lowest BCUT2D eigenvalue weighted by molar-refractivity contribution is 0.972. The number of halogens is 2. The minimum atomic E-state index is 0.347. The molecule has 0 spiro atoms. The molecular formula is C15H12Cl2N2. The van der Waals surface area contributed by atoms with Gasteiger partial charge in [-0.25, -0.2) is 4.98 Å². The normalized spacial score (nSPS) is 11.1. The Hall–Kier alpha value is -1.51. The average molecular weight is 291 g/mol. The zero-order valence-electron chi connectivity index (χ0n) is 10.4. The molecule has 0 radical (unpaired) electrons. The Morgan fingerprint density at radius 3 is 2.63 bits per heavy atom. The summed E-state index contributed by atoms with van der Waals surface area (Å²) in [6.45, 7) is 2.07. The molecule has 2 aromatic carbocycles. The number of hydrogen-bond acceptors (Lipinski definition) is 1. The third-order valence-corrected chi connectivity index (χ3v) is 3.73. The molecule has 0 saturated carbocycles. The summed E-state index contributed by atoms with van der Waals surface area (Å²) < 4.78 is 2.07. The molecule has 0 aliphatic carbocycles. The molecule has 0 fully saturated rings. The van der Waals surface area contributed by atoms with Crippen molar-refractivity contribution in [3.8, 4) is 5.69 Å². The van der Waals surface area contributed by atoms with Crippen molar-refractivity contribution >= 4 is 34.2 Å². The van der Waals surface area contributed by atoms with Crippen molar-refractivity contribution in [3.05, 3.63) is 58.9 Å². The molecule has 96 valence electrons. The molecule has 3 aromatic rings. The molecule has 0 saturated heterocycles. The highest BCUT2D eigenvalue weighted by molar-refractivity contribution is 6.35. The highest BCUT2D eigenvalue weighted by Crippen LogP contribution is 2.28. The van der Waals surface area contributed by atoms with Gasteiger partial charge < -0.3 is 0 Å². The third kappa shape index (κ3) is 2.01. The fourth-order valence-corrected chi connectivity index (χ4v) is 2.68. The molecular weight excluding hydrogens is 279 g/mol. The molecule has 19 heavy (non-hydrogen) atoms. The van der Waals surface area contributed by atoms with Gasteiger partial charge in [0.05, 0.1) is 22.1 Å². The van der Waals surface area contributed by atoms with Gasteiger partial charge in [0.25, 0.3) is 0 Å². The molecule has 0 N–H and O–H groups in total. The number of benzene rings is 2.